The predicted molar refractivity (Wildman–Crippen MR) is 81.8 cm³/mol. The van der Waals surface area contributed by atoms with E-state index in [2.05, 4.69) is 15.0 Å². The fraction of sp³-hybridized carbons (Fsp3) is 0.733. The van der Waals surface area contributed by atoms with Gasteiger partial charge in [-0.25, -0.2) is 0 Å². The Hall–Kier alpha value is -2.13. The van der Waals surface area contributed by atoms with Crippen LogP contribution < -0.4 is 10.3 Å². The number of nitrogens with zero attached hydrogens (tertiary/aromatic N) is 5. The van der Waals surface area contributed by atoms with Crippen molar-refractivity contribution in [3.63, 3.8) is 0 Å². The maximum Gasteiger partial charge on any atom is 0.302 e. The van der Waals surface area contributed by atoms with Crippen LogP contribution >= 0.6 is 0 Å². The number of ether oxygens (including phenoxy) is 4. The topological polar surface area (TPSA) is 121 Å². The third-order valence-corrected chi connectivity index (χ3v) is 5.44. The fourth-order valence-electron chi connectivity index (χ4n) is 4.31. The quantitative estimate of drug-likeness (QED) is 0.451. The summed E-state index contributed by atoms with van der Waals surface area (Å²) in [4.78, 5) is 18.3. The lowest BCUT2D eigenvalue weighted by Gasteiger charge is -2.32. The van der Waals surface area contributed by atoms with Gasteiger partial charge in [-0.2, -0.15) is 4.98 Å². The molecule has 0 N–H and O–H groups in total. The highest BCUT2D eigenvalue weighted by Gasteiger charge is 2.66. The smallest absolute Gasteiger partial charge is 0.302 e. The first-order chi connectivity index (χ1) is 12.1. The summed E-state index contributed by atoms with van der Waals surface area (Å²) in [7, 11) is 0. The average molecular weight is 347 g/mol. The Kier molecular flexibility index (Phi) is 3.14. The van der Waals surface area contributed by atoms with Gasteiger partial charge in [0.2, 0.25) is 0 Å². The first kappa shape index (κ1) is 15.2. The molecular weight excluding hydrogens is 330 g/mol. The summed E-state index contributed by atoms with van der Waals surface area (Å²) in [6.07, 6.45) is 4.02. The number of azide groups is 1. The largest absolute Gasteiger partial charge is 0.461 e. The van der Waals surface area contributed by atoms with Gasteiger partial charge in [-0.15, -0.1) is 0 Å². The molecule has 4 heterocycles. The van der Waals surface area contributed by atoms with E-state index in [1.54, 1.807) is 10.8 Å². The Balaban J connectivity index is 1.60. The van der Waals surface area contributed by atoms with Crippen LogP contribution in [0.2, 0.25) is 0 Å². The molecule has 0 aromatic carbocycles. The highest BCUT2D eigenvalue weighted by Crippen LogP contribution is 2.54. The molecule has 4 aliphatic rings. The molecule has 10 heteroatoms. The Morgan fingerprint density at radius 2 is 2.20 bits per heavy atom. The number of hydrogen-bond acceptors (Lipinski definition) is 7. The van der Waals surface area contributed by atoms with Gasteiger partial charge < -0.3 is 18.9 Å². The van der Waals surface area contributed by atoms with Crippen LogP contribution in [0.15, 0.2) is 22.2 Å². The monoisotopic (exact) mass is 347 g/mol. The molecule has 132 valence electrons. The molecule has 3 aliphatic heterocycles. The SMILES string of the molecule is [N-]=[N+]=NC[C@]12COc3nc(=O)ccn3[C@H](O1)[C@@H]1OC3(CCCC3)O[C@@H]12. The molecule has 1 aliphatic carbocycles. The van der Waals surface area contributed by atoms with Crippen LogP contribution in [-0.2, 0) is 14.2 Å². The standard InChI is InChI=1S/C15H17N5O5/c16-19-17-7-14-8-22-13-18-9(21)3-6-20(13)12(25-14)10-11(14)24-15(23-10)4-1-2-5-15/h3,6,10-12H,1-2,4-5,7-8H2/t10-,11+,12-,14-/m1/s1. The maximum absolute atomic E-state index is 11.6. The summed E-state index contributed by atoms with van der Waals surface area (Å²) < 4.78 is 26.3. The van der Waals surface area contributed by atoms with Gasteiger partial charge in [0.05, 0.1) is 6.54 Å². The minimum atomic E-state index is -0.968. The summed E-state index contributed by atoms with van der Waals surface area (Å²) in [5.74, 6) is -0.601. The van der Waals surface area contributed by atoms with Crippen molar-refractivity contribution in [1.82, 2.24) is 9.55 Å². The van der Waals surface area contributed by atoms with Crippen LogP contribution in [0.3, 0.4) is 0 Å². The molecule has 3 fully saturated rings. The normalized spacial score (nSPS) is 37.0. The molecule has 1 aromatic rings. The highest BCUT2D eigenvalue weighted by molar-refractivity contribution is 5.15. The van der Waals surface area contributed by atoms with E-state index in [1.807, 2.05) is 0 Å². The molecule has 0 unspecified atom stereocenters. The predicted octanol–water partition coefficient (Wildman–Crippen LogP) is 1.27. The Morgan fingerprint density at radius 1 is 1.36 bits per heavy atom. The Morgan fingerprint density at radius 3 is 3.00 bits per heavy atom. The van der Waals surface area contributed by atoms with E-state index in [9.17, 15) is 4.79 Å². The number of aromatic nitrogens is 2. The van der Waals surface area contributed by atoms with Gasteiger partial charge in [0.1, 0.15) is 24.4 Å². The summed E-state index contributed by atoms with van der Waals surface area (Å²) >= 11 is 0. The van der Waals surface area contributed by atoms with Gasteiger partial charge in [0.15, 0.2) is 12.0 Å². The Bertz CT molecular complexity index is 815. The zero-order chi connectivity index (χ0) is 17.1. The van der Waals surface area contributed by atoms with Crippen LogP contribution in [0.5, 0.6) is 6.01 Å². The molecule has 2 bridgehead atoms. The van der Waals surface area contributed by atoms with E-state index in [0.29, 0.717) is 0 Å². The molecule has 0 amide bonds. The van der Waals surface area contributed by atoms with Crippen LogP contribution in [-0.4, -0.2) is 46.3 Å². The highest BCUT2D eigenvalue weighted by atomic mass is 16.8. The van der Waals surface area contributed by atoms with Crippen LogP contribution in [0, 0.1) is 0 Å². The van der Waals surface area contributed by atoms with Gasteiger partial charge in [-0.1, -0.05) is 5.11 Å². The lowest BCUT2D eigenvalue weighted by Crippen LogP contribution is -2.50. The molecule has 1 aromatic heterocycles. The third kappa shape index (κ3) is 2.12. The van der Waals surface area contributed by atoms with E-state index >= 15 is 0 Å². The second-order valence-electron chi connectivity index (χ2n) is 6.95. The van der Waals surface area contributed by atoms with Crippen molar-refractivity contribution in [2.75, 3.05) is 13.2 Å². The molecule has 2 saturated heterocycles. The minimum absolute atomic E-state index is 0.0549. The van der Waals surface area contributed by atoms with Crippen molar-refractivity contribution in [2.24, 2.45) is 5.11 Å². The number of fused-ring (bicyclic) bond motifs is 7. The summed E-state index contributed by atoms with van der Waals surface area (Å²) in [6, 6.07) is 1.53. The first-order valence-electron chi connectivity index (χ1n) is 8.41. The molecule has 25 heavy (non-hydrogen) atoms. The van der Waals surface area contributed by atoms with Gasteiger partial charge >= 0.3 is 6.01 Å². The van der Waals surface area contributed by atoms with Gasteiger partial charge in [-0.05, 0) is 18.4 Å². The molecule has 1 saturated carbocycles. The van der Waals surface area contributed by atoms with Crippen molar-refractivity contribution in [3.8, 4) is 6.01 Å². The summed E-state index contributed by atoms with van der Waals surface area (Å²) in [5.41, 5.74) is 7.42. The van der Waals surface area contributed by atoms with Crippen molar-refractivity contribution in [1.29, 1.82) is 0 Å². The van der Waals surface area contributed by atoms with E-state index in [-0.39, 0.29) is 30.8 Å². The number of hydrogen-bond donors (Lipinski definition) is 0. The molecule has 5 rings (SSSR count). The van der Waals surface area contributed by atoms with E-state index in [0.717, 1.165) is 25.7 Å². The third-order valence-electron chi connectivity index (χ3n) is 5.44. The van der Waals surface area contributed by atoms with E-state index in [1.165, 1.54) is 6.07 Å². The Labute approximate surface area is 142 Å². The lowest BCUT2D eigenvalue weighted by atomic mass is 9.96. The maximum atomic E-state index is 11.6. The zero-order valence-corrected chi connectivity index (χ0v) is 13.4. The first-order valence-corrected chi connectivity index (χ1v) is 8.41. The zero-order valence-electron chi connectivity index (χ0n) is 13.4. The van der Waals surface area contributed by atoms with Crippen LogP contribution in [0.4, 0.5) is 0 Å². The molecule has 0 radical (unpaired) electrons. The summed E-state index contributed by atoms with van der Waals surface area (Å²) in [6.45, 7) is 0.124. The van der Waals surface area contributed by atoms with Gasteiger partial charge in [0, 0.05) is 30.0 Å². The second kappa shape index (κ2) is 5.18. The van der Waals surface area contributed by atoms with Gasteiger partial charge in [-0.3, -0.25) is 9.36 Å². The average Bonchev–Trinajstić information content (AvgIpc) is 3.26. The van der Waals surface area contributed by atoms with Crippen molar-refractivity contribution in [3.05, 3.63) is 33.1 Å². The van der Waals surface area contributed by atoms with Crippen molar-refractivity contribution < 1.29 is 18.9 Å². The lowest BCUT2D eigenvalue weighted by molar-refractivity contribution is -0.231. The van der Waals surface area contributed by atoms with E-state index in [4.69, 9.17) is 24.5 Å². The van der Waals surface area contributed by atoms with E-state index < -0.39 is 23.7 Å². The fourth-order valence-corrected chi connectivity index (χ4v) is 4.31. The minimum Gasteiger partial charge on any atom is -0.461 e. The molecular formula is C15H17N5O5. The van der Waals surface area contributed by atoms with Crippen LogP contribution in [0.1, 0.15) is 31.9 Å². The van der Waals surface area contributed by atoms with Crippen LogP contribution in [0.25, 0.3) is 10.4 Å². The van der Waals surface area contributed by atoms with Gasteiger partial charge in [0.25, 0.3) is 5.56 Å². The summed E-state index contributed by atoms with van der Waals surface area (Å²) in [5, 5.41) is 3.71. The molecule has 10 nitrogen and oxygen atoms in total. The molecule has 4 atom stereocenters. The molecule has 1 spiro atoms. The van der Waals surface area contributed by atoms with Crippen molar-refractivity contribution in [2.45, 2.75) is 55.5 Å². The number of rotatable bonds is 2. The second-order valence-corrected chi connectivity index (χ2v) is 6.95. The van der Waals surface area contributed by atoms with Crippen molar-refractivity contribution >= 4 is 0 Å².